The summed E-state index contributed by atoms with van der Waals surface area (Å²) in [7, 11) is 0. The van der Waals surface area contributed by atoms with Crippen LogP contribution in [0.1, 0.15) is 21.5 Å². The Bertz CT molecular complexity index is 1320. The van der Waals surface area contributed by atoms with Gasteiger partial charge in [0.05, 0.1) is 35.5 Å². The average molecular weight is 478 g/mol. The Balaban J connectivity index is 1.41. The van der Waals surface area contributed by atoms with Crippen LogP contribution in [0.2, 0.25) is 5.02 Å². The van der Waals surface area contributed by atoms with Crippen LogP contribution in [0.3, 0.4) is 0 Å². The predicted molar refractivity (Wildman–Crippen MR) is 128 cm³/mol. The highest BCUT2D eigenvalue weighted by Gasteiger charge is 2.13. The van der Waals surface area contributed by atoms with E-state index in [1.54, 1.807) is 12.1 Å². The van der Waals surface area contributed by atoms with Crippen LogP contribution in [0.4, 0.5) is 0 Å². The number of fused-ring (bicyclic) bond motifs is 1. The highest BCUT2D eigenvalue weighted by molar-refractivity contribution is 7.99. The molecule has 1 aromatic heterocycles. The van der Waals surface area contributed by atoms with Gasteiger partial charge in [0.2, 0.25) is 0 Å². The number of carboxylic acid groups (broad SMARTS) is 1. The normalized spacial score (nSPS) is 11.2. The molecular formula is C24H18ClN4O3S-. The van der Waals surface area contributed by atoms with E-state index in [9.17, 15) is 14.7 Å². The molecule has 1 heterocycles. The number of imidazole rings is 1. The largest absolute Gasteiger partial charge is 0.545 e. The quantitative estimate of drug-likeness (QED) is 0.238. The Morgan fingerprint density at radius 3 is 2.52 bits per heavy atom. The fourth-order valence-electron chi connectivity index (χ4n) is 3.14. The van der Waals surface area contributed by atoms with E-state index in [1.807, 2.05) is 48.5 Å². The standard InChI is InChI=1S/C24H19ClN4O3S/c25-19-11-7-17(8-12-19)14-29-21-4-2-1-3-20(21)27-24(29)33-15-22(30)28-26-13-16-5-9-18(10-6-16)23(31)32/h1-13H,14-15H2,(H,28,30)(H,31,32)/p-1/b26-13-. The van der Waals surface area contributed by atoms with Crippen molar-refractivity contribution in [2.45, 2.75) is 11.7 Å². The van der Waals surface area contributed by atoms with Crippen molar-refractivity contribution >= 4 is 52.5 Å². The summed E-state index contributed by atoms with van der Waals surface area (Å²) in [6, 6.07) is 21.4. The van der Waals surface area contributed by atoms with Gasteiger partial charge in [0.15, 0.2) is 5.16 Å². The smallest absolute Gasteiger partial charge is 0.250 e. The maximum absolute atomic E-state index is 12.3. The predicted octanol–water partition coefficient (Wildman–Crippen LogP) is 3.34. The number of aromatic nitrogens is 2. The molecule has 0 aliphatic carbocycles. The molecule has 0 aliphatic rings. The number of rotatable bonds is 8. The van der Waals surface area contributed by atoms with Gasteiger partial charge in [-0.1, -0.05) is 71.9 Å². The van der Waals surface area contributed by atoms with Crippen LogP contribution in [-0.4, -0.2) is 33.4 Å². The molecule has 4 rings (SSSR count). The fourth-order valence-corrected chi connectivity index (χ4v) is 4.07. The number of carbonyl (C=O) groups is 2. The zero-order chi connectivity index (χ0) is 23.2. The molecule has 7 nitrogen and oxygen atoms in total. The first kappa shape index (κ1) is 22.6. The van der Waals surface area contributed by atoms with Crippen molar-refractivity contribution in [2.75, 3.05) is 5.75 Å². The molecular weight excluding hydrogens is 460 g/mol. The molecule has 0 saturated carbocycles. The second-order valence-electron chi connectivity index (χ2n) is 7.09. The lowest BCUT2D eigenvalue weighted by molar-refractivity contribution is -0.255. The van der Waals surface area contributed by atoms with Crippen LogP contribution in [0, 0.1) is 0 Å². The number of halogens is 1. The number of carbonyl (C=O) groups excluding carboxylic acids is 2. The molecule has 1 N–H and O–H groups in total. The monoisotopic (exact) mass is 477 g/mol. The van der Waals surface area contributed by atoms with Gasteiger partial charge < -0.3 is 14.5 Å². The van der Waals surface area contributed by atoms with Crippen molar-refractivity contribution in [3.63, 3.8) is 0 Å². The first-order valence-electron chi connectivity index (χ1n) is 9.95. The van der Waals surface area contributed by atoms with Crippen LogP contribution >= 0.6 is 23.4 Å². The van der Waals surface area contributed by atoms with Gasteiger partial charge in [-0.3, -0.25) is 4.79 Å². The number of nitrogens with one attached hydrogen (secondary N) is 1. The Hall–Kier alpha value is -3.62. The van der Waals surface area contributed by atoms with Crippen molar-refractivity contribution in [2.24, 2.45) is 5.10 Å². The average Bonchev–Trinajstić information content (AvgIpc) is 3.17. The van der Waals surface area contributed by atoms with E-state index in [4.69, 9.17) is 11.6 Å². The number of hydrogen-bond acceptors (Lipinski definition) is 6. The summed E-state index contributed by atoms with van der Waals surface area (Å²) < 4.78 is 2.07. The number of thioether (sulfide) groups is 1. The Morgan fingerprint density at radius 1 is 1.06 bits per heavy atom. The van der Waals surface area contributed by atoms with Gasteiger partial charge in [0.25, 0.3) is 5.91 Å². The number of carboxylic acids is 1. The molecule has 0 fully saturated rings. The van der Waals surface area contributed by atoms with Crippen LogP contribution in [0.15, 0.2) is 83.1 Å². The summed E-state index contributed by atoms with van der Waals surface area (Å²) in [5.41, 5.74) is 6.11. The Kier molecular flexibility index (Phi) is 7.07. The van der Waals surface area contributed by atoms with Gasteiger partial charge >= 0.3 is 0 Å². The molecule has 0 unspecified atom stereocenters. The number of nitrogens with zero attached hydrogens (tertiary/aromatic N) is 3. The summed E-state index contributed by atoms with van der Waals surface area (Å²) in [6.07, 6.45) is 1.44. The lowest BCUT2D eigenvalue weighted by Gasteiger charge is -2.09. The van der Waals surface area contributed by atoms with E-state index in [1.165, 1.54) is 30.1 Å². The molecule has 0 spiro atoms. The van der Waals surface area contributed by atoms with Crippen LogP contribution in [0.25, 0.3) is 11.0 Å². The van der Waals surface area contributed by atoms with Gasteiger partial charge in [-0.15, -0.1) is 0 Å². The SMILES string of the molecule is O=C(CSc1nc2ccccc2n1Cc1ccc(Cl)cc1)N/N=C\c1ccc(C(=O)[O-])cc1. The topological polar surface area (TPSA) is 99.4 Å². The Morgan fingerprint density at radius 2 is 1.79 bits per heavy atom. The molecule has 3 aromatic carbocycles. The minimum Gasteiger partial charge on any atom is -0.545 e. The third-order valence-corrected chi connectivity index (χ3v) is 5.98. The van der Waals surface area contributed by atoms with Crippen molar-refractivity contribution in [3.05, 3.63) is 94.5 Å². The van der Waals surface area contributed by atoms with E-state index in [0.29, 0.717) is 17.1 Å². The molecule has 0 bridgehead atoms. The number of benzene rings is 3. The molecule has 0 saturated heterocycles. The summed E-state index contributed by atoms with van der Waals surface area (Å²) in [4.78, 5) is 27.8. The summed E-state index contributed by atoms with van der Waals surface area (Å²) in [5, 5.41) is 16.1. The van der Waals surface area contributed by atoms with Gasteiger partial charge in [-0.25, -0.2) is 10.4 Å². The highest BCUT2D eigenvalue weighted by Crippen LogP contribution is 2.25. The maximum atomic E-state index is 12.3. The minimum atomic E-state index is -1.24. The van der Waals surface area contributed by atoms with Crippen molar-refractivity contribution in [3.8, 4) is 0 Å². The van der Waals surface area contributed by atoms with Crippen molar-refractivity contribution in [1.82, 2.24) is 15.0 Å². The maximum Gasteiger partial charge on any atom is 0.250 e. The van der Waals surface area contributed by atoms with Gasteiger partial charge in [-0.05, 0) is 41.0 Å². The number of para-hydroxylation sites is 2. The van der Waals surface area contributed by atoms with E-state index in [0.717, 1.165) is 21.8 Å². The molecule has 0 atom stereocenters. The first-order valence-corrected chi connectivity index (χ1v) is 11.3. The van der Waals surface area contributed by atoms with Gasteiger partial charge in [0.1, 0.15) is 0 Å². The lowest BCUT2D eigenvalue weighted by atomic mass is 10.1. The molecule has 0 radical (unpaired) electrons. The van der Waals surface area contributed by atoms with Crippen LogP contribution in [-0.2, 0) is 11.3 Å². The Labute approximate surface area is 199 Å². The fraction of sp³-hybridized carbons (Fsp3) is 0.0833. The third-order valence-electron chi connectivity index (χ3n) is 4.76. The van der Waals surface area contributed by atoms with E-state index < -0.39 is 5.97 Å². The van der Waals surface area contributed by atoms with Crippen molar-refractivity contribution in [1.29, 1.82) is 0 Å². The molecule has 33 heavy (non-hydrogen) atoms. The molecule has 0 aliphatic heterocycles. The second kappa shape index (κ2) is 10.3. The number of amides is 1. The van der Waals surface area contributed by atoms with Gasteiger partial charge in [0, 0.05) is 5.02 Å². The first-order chi connectivity index (χ1) is 16.0. The zero-order valence-corrected chi connectivity index (χ0v) is 18.8. The van der Waals surface area contributed by atoms with Crippen LogP contribution < -0.4 is 10.5 Å². The van der Waals surface area contributed by atoms with E-state index in [-0.39, 0.29) is 17.2 Å². The summed E-state index contributed by atoms with van der Waals surface area (Å²) in [5.74, 6) is -1.40. The molecule has 4 aromatic rings. The van der Waals surface area contributed by atoms with Crippen LogP contribution in [0.5, 0.6) is 0 Å². The summed E-state index contributed by atoms with van der Waals surface area (Å²) in [6.45, 7) is 0.599. The van der Waals surface area contributed by atoms with E-state index in [2.05, 4.69) is 20.1 Å². The summed E-state index contributed by atoms with van der Waals surface area (Å²) >= 11 is 7.32. The number of aromatic carboxylic acids is 1. The number of hydrazone groups is 1. The van der Waals surface area contributed by atoms with E-state index >= 15 is 0 Å². The number of hydrogen-bond donors (Lipinski definition) is 1. The molecule has 9 heteroatoms. The van der Waals surface area contributed by atoms with Gasteiger partial charge in [-0.2, -0.15) is 5.10 Å². The minimum absolute atomic E-state index is 0.0778. The molecule has 1 amide bonds. The molecule has 166 valence electrons. The third kappa shape index (κ3) is 5.79. The lowest BCUT2D eigenvalue weighted by Crippen LogP contribution is -2.22. The van der Waals surface area contributed by atoms with Crippen molar-refractivity contribution < 1.29 is 14.7 Å². The zero-order valence-electron chi connectivity index (χ0n) is 17.3. The second-order valence-corrected chi connectivity index (χ2v) is 8.47. The highest BCUT2D eigenvalue weighted by atomic mass is 35.5.